The van der Waals surface area contributed by atoms with Crippen molar-refractivity contribution < 1.29 is 43.3 Å². The van der Waals surface area contributed by atoms with Crippen LogP contribution in [0.5, 0.6) is 0 Å². The van der Waals surface area contributed by atoms with Crippen LogP contribution in [0.3, 0.4) is 0 Å². The molecule has 6 rings (SSSR count). The molecule has 5 unspecified atom stereocenters. The zero-order valence-electron chi connectivity index (χ0n) is 38.4. The van der Waals surface area contributed by atoms with Gasteiger partial charge in [-0.2, -0.15) is 0 Å². The van der Waals surface area contributed by atoms with Gasteiger partial charge in [0.1, 0.15) is 30.9 Å². The van der Waals surface area contributed by atoms with Gasteiger partial charge in [0, 0.05) is 36.8 Å². The molecule has 2 aliphatic heterocycles. The Bertz CT molecular complexity index is 2250. The summed E-state index contributed by atoms with van der Waals surface area (Å²) in [5.74, 6) is -2.88. The number of β-lactam (4-membered cyclic amide) rings is 1. The number of hydrogen-bond donors (Lipinski definition) is 3. The van der Waals surface area contributed by atoms with Crippen LogP contribution < -0.4 is 5.32 Å². The van der Waals surface area contributed by atoms with Gasteiger partial charge in [0.2, 0.25) is 11.8 Å². The number of fused-ring (bicyclic) bond motifs is 1. The molecule has 14 heteroatoms. The van der Waals surface area contributed by atoms with E-state index in [4.69, 9.17) is 14.2 Å². The van der Waals surface area contributed by atoms with Crippen LogP contribution in [-0.2, 0) is 46.4 Å². The second-order valence-corrected chi connectivity index (χ2v) is 18.6. The van der Waals surface area contributed by atoms with Crippen molar-refractivity contribution in [2.75, 3.05) is 25.1 Å². The molecular formula is C50H65N5O9. The summed E-state index contributed by atoms with van der Waals surface area (Å²) in [5.41, 5.74) is 2.35. The Morgan fingerprint density at radius 2 is 1.62 bits per heavy atom. The zero-order chi connectivity index (χ0) is 46.3. The maximum absolute atomic E-state index is 15.6. The predicted octanol–water partition coefficient (Wildman–Crippen LogP) is 7.61. The van der Waals surface area contributed by atoms with E-state index in [2.05, 4.69) is 10.3 Å². The minimum Gasteiger partial charge on any atom is -0.465 e. The lowest BCUT2D eigenvalue weighted by Crippen LogP contribution is -2.75. The molecule has 3 aromatic carbocycles. The highest BCUT2D eigenvalue weighted by atomic mass is 16.6. The molecular weight excluding hydrogens is 815 g/mol. The second kappa shape index (κ2) is 20.7. The third-order valence-electron chi connectivity index (χ3n) is 12.0. The molecule has 14 nitrogen and oxygen atoms in total. The number of aromatic amines is 1. The van der Waals surface area contributed by atoms with Crippen LogP contribution in [0, 0.1) is 17.3 Å². The van der Waals surface area contributed by atoms with Crippen molar-refractivity contribution in [2.45, 2.75) is 124 Å². The average Bonchev–Trinajstić information content (AvgIpc) is 3.88. The minimum atomic E-state index is -1.24. The van der Waals surface area contributed by atoms with Gasteiger partial charge in [-0.1, -0.05) is 89.2 Å². The van der Waals surface area contributed by atoms with E-state index in [9.17, 15) is 19.5 Å². The third kappa shape index (κ3) is 10.7. The van der Waals surface area contributed by atoms with Crippen molar-refractivity contribution in [1.29, 1.82) is 0 Å². The maximum Gasteiger partial charge on any atom is 0.412 e. The number of ether oxygens (including phenoxy) is 3. The van der Waals surface area contributed by atoms with Crippen molar-refractivity contribution in [3.05, 3.63) is 102 Å². The Labute approximate surface area is 376 Å². The molecule has 64 heavy (non-hydrogen) atoms. The van der Waals surface area contributed by atoms with E-state index in [0.717, 1.165) is 27.6 Å². The zero-order valence-corrected chi connectivity index (χ0v) is 38.4. The maximum atomic E-state index is 15.6. The summed E-state index contributed by atoms with van der Waals surface area (Å²) in [4.78, 5) is 80.8. The molecule has 0 aliphatic carbocycles. The van der Waals surface area contributed by atoms with Crippen LogP contribution in [0.25, 0.3) is 10.8 Å². The Morgan fingerprint density at radius 1 is 0.891 bits per heavy atom. The second-order valence-electron chi connectivity index (χ2n) is 18.6. The molecule has 1 aromatic heterocycles. The number of carbonyl (C=O) groups is 5. The number of H-pyrrole nitrogens is 1. The molecule has 0 radical (unpaired) electrons. The van der Waals surface area contributed by atoms with Gasteiger partial charge in [-0.25, -0.2) is 9.59 Å². The Kier molecular flexibility index (Phi) is 15.4. The highest BCUT2D eigenvalue weighted by Gasteiger charge is 2.63. The molecule has 344 valence electrons. The van der Waals surface area contributed by atoms with Gasteiger partial charge < -0.3 is 39.4 Å². The van der Waals surface area contributed by atoms with Gasteiger partial charge in [-0.15, -0.1) is 0 Å². The Morgan fingerprint density at radius 3 is 2.31 bits per heavy atom. The number of aliphatic hydroxyl groups is 1. The van der Waals surface area contributed by atoms with Crippen molar-refractivity contribution >= 4 is 46.3 Å². The molecule has 0 spiro atoms. The van der Waals surface area contributed by atoms with Gasteiger partial charge in [-0.05, 0) is 97.9 Å². The van der Waals surface area contributed by atoms with E-state index in [1.165, 1.54) is 14.7 Å². The lowest BCUT2D eigenvalue weighted by atomic mass is 9.80. The Balaban J connectivity index is 1.49. The van der Waals surface area contributed by atoms with Crippen molar-refractivity contribution in [1.82, 2.24) is 19.7 Å². The number of benzene rings is 3. The molecule has 0 bridgehead atoms. The number of aryl methyl sites for hydroxylation is 1. The number of amides is 3. The molecule has 3 amide bonds. The van der Waals surface area contributed by atoms with E-state index in [-0.39, 0.29) is 38.6 Å². The average molecular weight is 880 g/mol. The van der Waals surface area contributed by atoms with Crippen LogP contribution >= 0.6 is 0 Å². The number of anilines is 1. The summed E-state index contributed by atoms with van der Waals surface area (Å²) >= 11 is 0. The molecule has 0 saturated carbocycles. The fraction of sp³-hybridized carbons (Fsp3) is 0.500. The highest BCUT2D eigenvalue weighted by molar-refractivity contribution is 6.00. The normalized spacial score (nSPS) is 19.8. The van der Waals surface area contributed by atoms with Crippen LogP contribution in [0.15, 0.2) is 85.2 Å². The quantitative estimate of drug-likeness (QED) is 0.0456. The van der Waals surface area contributed by atoms with E-state index in [1.807, 2.05) is 120 Å². The number of rotatable bonds is 20. The summed E-state index contributed by atoms with van der Waals surface area (Å²) in [5, 5.41) is 15.3. The number of likely N-dealkylation sites (tertiary alicyclic amines) is 1. The monoisotopic (exact) mass is 879 g/mol. The highest BCUT2D eigenvalue weighted by Crippen LogP contribution is 2.46. The minimum absolute atomic E-state index is 0.0772. The fourth-order valence-corrected chi connectivity index (χ4v) is 8.80. The smallest absolute Gasteiger partial charge is 0.412 e. The van der Waals surface area contributed by atoms with Crippen molar-refractivity contribution in [3.8, 4) is 0 Å². The Hall–Kier alpha value is -5.89. The number of esters is 2. The molecule has 2 fully saturated rings. The molecule has 6 atom stereocenters. The number of aliphatic hydroxyl groups excluding tert-OH is 1. The van der Waals surface area contributed by atoms with E-state index in [1.54, 1.807) is 20.8 Å². The van der Waals surface area contributed by atoms with E-state index < -0.39 is 77.6 Å². The summed E-state index contributed by atoms with van der Waals surface area (Å²) in [7, 11) is 0. The topological polar surface area (TPSA) is 171 Å². The first-order valence-corrected chi connectivity index (χ1v) is 22.5. The number of hydrogen-bond acceptors (Lipinski definition) is 10. The molecule has 2 aliphatic rings. The molecule has 2 saturated heterocycles. The summed E-state index contributed by atoms with van der Waals surface area (Å²) in [6.45, 7) is 15.2. The first kappa shape index (κ1) is 47.6. The van der Waals surface area contributed by atoms with Crippen LogP contribution in [0.1, 0.15) is 97.5 Å². The van der Waals surface area contributed by atoms with Gasteiger partial charge in [0.05, 0.1) is 24.7 Å². The first-order valence-electron chi connectivity index (χ1n) is 22.5. The summed E-state index contributed by atoms with van der Waals surface area (Å²) < 4.78 is 17.5. The summed E-state index contributed by atoms with van der Waals surface area (Å²) in [6.07, 6.45) is 2.06. The van der Waals surface area contributed by atoms with Crippen LogP contribution in [0.4, 0.5) is 10.5 Å². The third-order valence-corrected chi connectivity index (χ3v) is 12.0. The van der Waals surface area contributed by atoms with Crippen LogP contribution in [0.2, 0.25) is 0 Å². The van der Waals surface area contributed by atoms with E-state index in [0.29, 0.717) is 24.9 Å². The largest absolute Gasteiger partial charge is 0.465 e. The molecule has 3 N–H and O–H groups in total. The standard InChI is InChI=1S/C50H65N5O9/c1-9-52-37-17-12-14-35(25-37)29-63-49(61)54-41(24-33(6)47(59)62-28-31(2)3)45(57)55(44(54)39-19-13-16-36-15-10-11-18-38(36)39)43-40(21-20-34-22-23-51-27-34)53(46(43)58)42(26-50(7,8)30-56)48(60)64-32(4)5/h10-19,22-23,25,27,31-33,40-44,51-52,56H,9,20-21,24,26,28-30H2,1-8H3/t33?,40?,41?,42-,43?,44?/m1/s1. The molecule has 4 aromatic rings. The fourth-order valence-electron chi connectivity index (χ4n) is 8.80. The predicted molar refractivity (Wildman–Crippen MR) is 244 cm³/mol. The van der Waals surface area contributed by atoms with Gasteiger partial charge in [0.25, 0.3) is 0 Å². The number of carbonyl (C=O) groups excluding carboxylic acids is 5. The van der Waals surface area contributed by atoms with Gasteiger partial charge in [-0.3, -0.25) is 19.3 Å². The van der Waals surface area contributed by atoms with Crippen molar-refractivity contribution in [2.24, 2.45) is 17.3 Å². The number of nitrogens with one attached hydrogen (secondary N) is 2. The molecule has 3 heterocycles. The van der Waals surface area contributed by atoms with Gasteiger partial charge >= 0.3 is 18.0 Å². The SMILES string of the molecule is CCNc1cccc(COC(=O)N2C(CC(C)C(=O)OCC(C)C)C(=O)N(C3C(=O)N([C@H](CC(C)(C)CO)C(=O)OC(C)C)C3CCc3cc[nH]c3)C2c2cccc3ccccc23)c1. The summed E-state index contributed by atoms with van der Waals surface area (Å²) in [6, 6.07) is 18.5. The van der Waals surface area contributed by atoms with Gasteiger partial charge in [0.15, 0.2) is 0 Å². The number of aromatic nitrogens is 1. The van der Waals surface area contributed by atoms with Crippen molar-refractivity contribution in [3.63, 3.8) is 0 Å². The lowest BCUT2D eigenvalue weighted by Gasteiger charge is -2.54. The first-order chi connectivity index (χ1) is 30.5. The number of nitrogens with zero attached hydrogens (tertiary/aromatic N) is 3. The van der Waals surface area contributed by atoms with Crippen LogP contribution in [-0.4, -0.2) is 105 Å². The lowest BCUT2D eigenvalue weighted by molar-refractivity contribution is -0.182. The van der Waals surface area contributed by atoms with E-state index >= 15 is 9.59 Å².